The molecule has 3 N–H and O–H groups in total. The van der Waals surface area contributed by atoms with Crippen LogP contribution in [0.4, 0.5) is 18.9 Å². The fraction of sp³-hybridized carbons (Fsp3) is 0.263. The highest BCUT2D eigenvalue weighted by Crippen LogP contribution is 2.15. The van der Waals surface area contributed by atoms with Gasteiger partial charge in [-0.1, -0.05) is 12.1 Å². The van der Waals surface area contributed by atoms with Gasteiger partial charge in [-0.05, 0) is 42.0 Å². The van der Waals surface area contributed by atoms with Crippen molar-refractivity contribution >= 4 is 17.5 Å². The van der Waals surface area contributed by atoms with Gasteiger partial charge in [-0.3, -0.25) is 9.59 Å². The van der Waals surface area contributed by atoms with Crippen LogP contribution in [0.15, 0.2) is 48.5 Å². The van der Waals surface area contributed by atoms with Crippen LogP contribution < -0.4 is 20.7 Å². The van der Waals surface area contributed by atoms with Crippen LogP contribution in [0, 0.1) is 0 Å². The summed E-state index contributed by atoms with van der Waals surface area (Å²) in [6.07, 6.45) is -4.44. The summed E-state index contributed by atoms with van der Waals surface area (Å²) < 4.78 is 41.2. The third-order valence-electron chi connectivity index (χ3n) is 3.64. The van der Waals surface area contributed by atoms with Crippen LogP contribution in [0.1, 0.15) is 15.9 Å². The number of hydrogen-bond acceptors (Lipinski definition) is 4. The molecule has 150 valence electrons. The summed E-state index contributed by atoms with van der Waals surface area (Å²) in [6.45, 7) is -1.36. The van der Waals surface area contributed by atoms with Gasteiger partial charge >= 0.3 is 6.18 Å². The molecule has 0 bridgehead atoms. The molecule has 0 aliphatic rings. The zero-order valence-corrected chi connectivity index (χ0v) is 15.1. The summed E-state index contributed by atoms with van der Waals surface area (Å²) in [5.74, 6) is -0.399. The molecule has 2 rings (SSSR count). The largest absolute Gasteiger partial charge is 0.497 e. The maximum absolute atomic E-state index is 12.3. The molecule has 0 aliphatic carbocycles. The maximum Gasteiger partial charge on any atom is 0.405 e. The van der Waals surface area contributed by atoms with Crippen molar-refractivity contribution in [2.24, 2.45) is 0 Å². The van der Waals surface area contributed by atoms with Crippen molar-refractivity contribution in [2.75, 3.05) is 25.5 Å². The molecule has 0 fully saturated rings. The van der Waals surface area contributed by atoms with Crippen LogP contribution in [0.5, 0.6) is 5.75 Å². The van der Waals surface area contributed by atoms with Gasteiger partial charge in [0, 0.05) is 17.8 Å². The van der Waals surface area contributed by atoms with Gasteiger partial charge in [0.15, 0.2) is 0 Å². The lowest BCUT2D eigenvalue weighted by Crippen LogP contribution is -2.39. The van der Waals surface area contributed by atoms with Gasteiger partial charge in [0.2, 0.25) is 5.91 Å². The van der Waals surface area contributed by atoms with E-state index < -0.39 is 18.6 Å². The Balaban J connectivity index is 1.84. The molecule has 0 atom stereocenters. The Morgan fingerprint density at radius 1 is 1.07 bits per heavy atom. The van der Waals surface area contributed by atoms with Crippen molar-refractivity contribution in [1.82, 2.24) is 10.6 Å². The number of benzene rings is 2. The highest BCUT2D eigenvalue weighted by molar-refractivity contribution is 6.04. The zero-order valence-electron chi connectivity index (χ0n) is 15.1. The van der Waals surface area contributed by atoms with E-state index in [2.05, 4.69) is 10.6 Å². The highest BCUT2D eigenvalue weighted by Gasteiger charge is 2.27. The van der Waals surface area contributed by atoms with Gasteiger partial charge in [-0.25, -0.2) is 0 Å². The predicted molar refractivity (Wildman–Crippen MR) is 98.2 cm³/mol. The van der Waals surface area contributed by atoms with Crippen molar-refractivity contribution in [3.63, 3.8) is 0 Å². The average molecular weight is 395 g/mol. The van der Waals surface area contributed by atoms with E-state index in [0.29, 0.717) is 17.0 Å². The van der Waals surface area contributed by atoms with E-state index in [4.69, 9.17) is 4.74 Å². The van der Waals surface area contributed by atoms with Crippen molar-refractivity contribution in [3.05, 3.63) is 59.7 Å². The molecule has 0 radical (unpaired) electrons. The number of rotatable bonds is 8. The van der Waals surface area contributed by atoms with Crippen molar-refractivity contribution in [1.29, 1.82) is 0 Å². The second-order valence-corrected chi connectivity index (χ2v) is 5.88. The van der Waals surface area contributed by atoms with Crippen LogP contribution in [-0.2, 0) is 11.3 Å². The summed E-state index contributed by atoms with van der Waals surface area (Å²) in [7, 11) is 1.54. The molecule has 0 aromatic heterocycles. The Morgan fingerprint density at radius 2 is 1.79 bits per heavy atom. The number of hydrogen-bond donors (Lipinski definition) is 3. The van der Waals surface area contributed by atoms with Gasteiger partial charge in [-0.2, -0.15) is 13.2 Å². The number of ether oxygens (including phenoxy) is 1. The van der Waals surface area contributed by atoms with Crippen LogP contribution in [-0.4, -0.2) is 38.2 Å². The molecule has 0 heterocycles. The number of carbonyl (C=O) groups is 2. The van der Waals surface area contributed by atoms with Gasteiger partial charge in [0.1, 0.15) is 12.3 Å². The summed E-state index contributed by atoms with van der Waals surface area (Å²) in [4.78, 5) is 23.6. The number of nitrogens with one attached hydrogen (secondary N) is 3. The minimum absolute atomic E-state index is 0.251. The maximum atomic E-state index is 12.3. The Bertz CT molecular complexity index is 808. The summed E-state index contributed by atoms with van der Waals surface area (Å²) in [5.41, 5.74) is 1.78. The van der Waals surface area contributed by atoms with Crippen molar-refractivity contribution in [3.8, 4) is 5.75 Å². The first-order valence-corrected chi connectivity index (χ1v) is 8.35. The van der Waals surface area contributed by atoms with E-state index >= 15 is 0 Å². The number of methoxy groups -OCH3 is 1. The fourth-order valence-electron chi connectivity index (χ4n) is 2.29. The highest BCUT2D eigenvalue weighted by atomic mass is 19.4. The molecular formula is C19H20F3N3O3. The molecule has 6 nitrogen and oxygen atoms in total. The molecule has 0 unspecified atom stereocenters. The Morgan fingerprint density at radius 3 is 2.43 bits per heavy atom. The summed E-state index contributed by atoms with van der Waals surface area (Å²) >= 11 is 0. The van der Waals surface area contributed by atoms with E-state index in [9.17, 15) is 22.8 Å². The van der Waals surface area contributed by atoms with Gasteiger partial charge in [0.25, 0.3) is 5.91 Å². The van der Waals surface area contributed by atoms with E-state index in [-0.39, 0.29) is 19.0 Å². The Hall–Kier alpha value is -3.07. The lowest BCUT2D eigenvalue weighted by molar-refractivity contribution is -0.137. The van der Waals surface area contributed by atoms with Crippen LogP contribution in [0.2, 0.25) is 0 Å². The van der Waals surface area contributed by atoms with Gasteiger partial charge < -0.3 is 20.7 Å². The number of alkyl halides is 3. The Labute approximate surface area is 160 Å². The normalized spacial score (nSPS) is 11.0. The lowest BCUT2D eigenvalue weighted by atomic mass is 10.1. The number of carbonyl (C=O) groups excluding carboxylic acids is 2. The van der Waals surface area contributed by atoms with E-state index in [1.807, 2.05) is 0 Å². The number of halogens is 3. The number of anilines is 1. The minimum atomic E-state index is -4.44. The van der Waals surface area contributed by atoms with Gasteiger partial charge in [0.05, 0.1) is 13.7 Å². The summed E-state index contributed by atoms with van der Waals surface area (Å²) in [6, 6.07) is 13.5. The molecule has 0 aliphatic heterocycles. The third-order valence-corrected chi connectivity index (χ3v) is 3.64. The van der Waals surface area contributed by atoms with Crippen LogP contribution >= 0.6 is 0 Å². The molecule has 0 saturated carbocycles. The van der Waals surface area contributed by atoms with E-state index in [0.717, 1.165) is 5.56 Å². The second-order valence-electron chi connectivity index (χ2n) is 5.88. The molecule has 28 heavy (non-hydrogen) atoms. The topological polar surface area (TPSA) is 79.5 Å². The minimum Gasteiger partial charge on any atom is -0.497 e. The molecule has 2 aromatic carbocycles. The molecule has 2 aromatic rings. The predicted octanol–water partition coefficient (Wildman–Crippen LogP) is 2.72. The first-order chi connectivity index (χ1) is 13.3. The summed E-state index contributed by atoms with van der Waals surface area (Å²) in [5, 5.41) is 7.30. The number of amides is 2. The van der Waals surface area contributed by atoms with Crippen LogP contribution in [0.25, 0.3) is 0 Å². The standard InChI is InChI=1S/C19H20F3N3O3/c1-28-16-7-5-14(6-8-16)18(27)25-15-4-2-3-13(9-15)10-23-11-17(26)24-12-19(20,21)22/h2-9,23H,10-12H2,1H3,(H,24,26)(H,25,27). The van der Waals surface area contributed by atoms with E-state index in [1.165, 1.54) is 7.11 Å². The first-order valence-electron chi connectivity index (χ1n) is 8.35. The molecule has 2 amide bonds. The lowest BCUT2D eigenvalue weighted by Gasteiger charge is -2.10. The monoisotopic (exact) mass is 395 g/mol. The first kappa shape index (κ1) is 21.2. The molecule has 0 saturated heterocycles. The van der Waals surface area contributed by atoms with Crippen molar-refractivity contribution in [2.45, 2.75) is 12.7 Å². The third kappa shape index (κ3) is 7.28. The SMILES string of the molecule is COc1ccc(C(=O)Nc2cccc(CNCC(=O)NCC(F)(F)F)c2)cc1. The molecule has 9 heteroatoms. The quantitative estimate of drug-likeness (QED) is 0.642. The Kier molecular flexibility index (Phi) is 7.39. The van der Waals surface area contributed by atoms with Crippen molar-refractivity contribution < 1.29 is 27.5 Å². The molecule has 0 spiro atoms. The fourth-order valence-corrected chi connectivity index (χ4v) is 2.29. The van der Waals surface area contributed by atoms with Gasteiger partial charge in [-0.15, -0.1) is 0 Å². The van der Waals surface area contributed by atoms with Crippen LogP contribution in [0.3, 0.4) is 0 Å². The zero-order chi connectivity index (χ0) is 20.6. The molecular weight excluding hydrogens is 375 g/mol. The smallest absolute Gasteiger partial charge is 0.405 e. The second kappa shape index (κ2) is 9.75. The average Bonchev–Trinajstić information content (AvgIpc) is 2.66. The van der Waals surface area contributed by atoms with E-state index in [1.54, 1.807) is 53.8 Å².